The molecule has 0 heterocycles. The summed E-state index contributed by atoms with van der Waals surface area (Å²) in [7, 11) is 2.00. The molecule has 1 amide bonds. The van der Waals surface area contributed by atoms with E-state index in [4.69, 9.17) is 37.9 Å². The van der Waals surface area contributed by atoms with Crippen molar-refractivity contribution >= 4 is 5.91 Å². The fraction of sp³-hybridized carbons (Fsp3) is 0.979. The van der Waals surface area contributed by atoms with Crippen molar-refractivity contribution in [3.8, 4) is 0 Å². The molecule has 0 atom stereocenters. The monoisotopic (exact) mass is 806 g/mol. The summed E-state index contributed by atoms with van der Waals surface area (Å²) in [5.41, 5.74) is 0.312. The molecule has 0 aromatic heterocycles. The van der Waals surface area contributed by atoms with Gasteiger partial charge in [0.1, 0.15) is 0 Å². The zero-order valence-corrected chi connectivity index (χ0v) is 38.2. The highest BCUT2D eigenvalue weighted by Crippen LogP contribution is 2.74. The molecule has 0 unspecified atom stereocenters. The average molecular weight is 806 g/mol. The third-order valence-corrected chi connectivity index (χ3v) is 13.9. The molecule has 0 aromatic rings. The maximum Gasteiger partial charge on any atom is 0.228 e. The first-order valence-corrected chi connectivity index (χ1v) is 22.8. The van der Waals surface area contributed by atoms with Gasteiger partial charge in [-0.05, 0) is 175 Å². The number of rotatable bonds is 27. The van der Waals surface area contributed by atoms with Crippen molar-refractivity contribution in [1.29, 1.82) is 0 Å². The summed E-state index contributed by atoms with van der Waals surface area (Å²) >= 11 is 0. The van der Waals surface area contributed by atoms with Crippen LogP contribution in [0.5, 0.6) is 0 Å². The molecule has 4 bridgehead atoms. The average Bonchev–Trinajstić information content (AvgIpc) is 2.99. The zero-order chi connectivity index (χ0) is 41.4. The first kappa shape index (κ1) is 45.7. The van der Waals surface area contributed by atoms with Gasteiger partial charge in [-0.15, -0.1) is 0 Å². The van der Waals surface area contributed by atoms with Crippen molar-refractivity contribution in [3.05, 3.63) is 0 Å². The van der Waals surface area contributed by atoms with Crippen LogP contribution in [0.3, 0.4) is 0 Å². The summed E-state index contributed by atoms with van der Waals surface area (Å²) in [6.45, 7) is 27.8. The summed E-state index contributed by atoms with van der Waals surface area (Å²) in [5, 5.41) is 0. The fourth-order valence-corrected chi connectivity index (χ4v) is 11.0. The van der Waals surface area contributed by atoms with E-state index >= 15 is 0 Å². The number of ether oxygens (including phenoxy) is 8. The van der Waals surface area contributed by atoms with Crippen LogP contribution in [0.4, 0.5) is 0 Å². The van der Waals surface area contributed by atoms with Crippen LogP contribution in [-0.2, 0) is 42.7 Å². The van der Waals surface area contributed by atoms with Crippen LogP contribution in [0, 0.1) is 21.7 Å². The Bertz CT molecular complexity index is 1280. The summed E-state index contributed by atoms with van der Waals surface area (Å²) < 4.78 is 48.9. The predicted octanol–water partition coefficient (Wildman–Crippen LogP) is 8.69. The Morgan fingerprint density at radius 2 is 1.00 bits per heavy atom. The van der Waals surface area contributed by atoms with Crippen molar-refractivity contribution in [1.82, 2.24) is 4.90 Å². The maximum absolute atomic E-state index is 13.3. The van der Waals surface area contributed by atoms with Crippen molar-refractivity contribution in [2.24, 2.45) is 21.7 Å². The van der Waals surface area contributed by atoms with Crippen LogP contribution >= 0.6 is 0 Å². The Labute approximate surface area is 346 Å². The summed E-state index contributed by atoms with van der Waals surface area (Å²) in [6, 6.07) is 0.327. The van der Waals surface area contributed by atoms with Gasteiger partial charge in [-0.3, -0.25) is 4.79 Å². The van der Waals surface area contributed by atoms with Crippen LogP contribution in [0.1, 0.15) is 159 Å². The SMILES string of the molecule is CN(C(=O)C12CC(COCCCCOC(C)(C)CCC(C)(C)OCCOCCOCC34CC(COC5CC(OC(C)(C)C)C5)(C3)C4)(C1)C2)C1CC(OC(C)(C)C)C1. The van der Waals surface area contributed by atoms with Crippen molar-refractivity contribution in [2.75, 3.05) is 66.5 Å². The van der Waals surface area contributed by atoms with Gasteiger partial charge in [-0.2, -0.15) is 0 Å². The van der Waals surface area contributed by atoms with E-state index in [9.17, 15) is 4.79 Å². The van der Waals surface area contributed by atoms with Crippen molar-refractivity contribution < 1.29 is 42.7 Å². The number of carbonyl (C=O) groups is 1. The molecule has 10 heteroatoms. The van der Waals surface area contributed by atoms with Crippen molar-refractivity contribution in [2.45, 2.75) is 206 Å². The van der Waals surface area contributed by atoms with Crippen LogP contribution in [0.25, 0.3) is 0 Å². The van der Waals surface area contributed by atoms with Crippen LogP contribution in [0.15, 0.2) is 0 Å². The molecule has 0 saturated heterocycles. The van der Waals surface area contributed by atoms with E-state index < -0.39 is 0 Å². The second-order valence-electron chi connectivity index (χ2n) is 23.1. The molecule has 0 radical (unpaired) electrons. The first-order chi connectivity index (χ1) is 26.5. The molecule has 57 heavy (non-hydrogen) atoms. The van der Waals surface area contributed by atoms with Gasteiger partial charge >= 0.3 is 0 Å². The molecule has 10 nitrogen and oxygen atoms in total. The molecule has 8 aliphatic rings. The Morgan fingerprint density at radius 1 is 0.544 bits per heavy atom. The number of hydrogen-bond donors (Lipinski definition) is 0. The molecule has 8 saturated carbocycles. The lowest BCUT2D eigenvalue weighted by Gasteiger charge is -2.70. The summed E-state index contributed by atoms with van der Waals surface area (Å²) in [5.74, 6) is 0.347. The lowest BCUT2D eigenvalue weighted by atomic mass is 9.35. The normalized spacial score (nSPS) is 34.3. The van der Waals surface area contributed by atoms with E-state index in [2.05, 4.69) is 69.2 Å². The minimum atomic E-state index is -0.236. The number of carbonyl (C=O) groups excluding carboxylic acids is 1. The highest BCUT2D eigenvalue weighted by atomic mass is 16.6. The number of hydrogen-bond acceptors (Lipinski definition) is 9. The second-order valence-corrected chi connectivity index (χ2v) is 23.1. The zero-order valence-electron chi connectivity index (χ0n) is 38.2. The van der Waals surface area contributed by atoms with Crippen LogP contribution in [0.2, 0.25) is 0 Å². The quantitative estimate of drug-likeness (QED) is 0.0757. The van der Waals surface area contributed by atoms with E-state index in [1.807, 2.05) is 11.9 Å². The van der Waals surface area contributed by atoms with Gasteiger partial charge in [0, 0.05) is 26.3 Å². The Balaban J connectivity index is 0.699. The number of nitrogens with zero attached hydrogens (tertiary/aromatic N) is 1. The van der Waals surface area contributed by atoms with Gasteiger partial charge in [0.15, 0.2) is 0 Å². The van der Waals surface area contributed by atoms with Crippen molar-refractivity contribution in [3.63, 3.8) is 0 Å². The van der Waals surface area contributed by atoms with E-state index in [1.165, 1.54) is 19.3 Å². The number of amides is 1. The standard InChI is InChI=1S/C47H83NO9/c1-40(2,3)56-37-22-35(23-37)48(11)39(49)47-29-46(30-47,31-47)33-51-16-12-13-17-54-42(7,8)14-15-43(9,10)55-21-20-50-18-19-52-32-44-26-45(27-44,28-44)34-53-36-24-38(25-36)57-41(4,5)6/h35-38H,12-34H2,1-11H3. The minimum Gasteiger partial charge on any atom is -0.381 e. The minimum absolute atomic E-state index is 0.0626. The van der Waals surface area contributed by atoms with Gasteiger partial charge in [0.05, 0.1) is 92.4 Å². The Morgan fingerprint density at radius 3 is 1.58 bits per heavy atom. The van der Waals surface area contributed by atoms with Gasteiger partial charge in [-0.25, -0.2) is 0 Å². The highest BCUT2D eigenvalue weighted by Gasteiger charge is 2.72. The molecule has 330 valence electrons. The molecule has 0 N–H and O–H groups in total. The van der Waals surface area contributed by atoms with Gasteiger partial charge in [-0.1, -0.05) is 0 Å². The topological polar surface area (TPSA) is 94.2 Å². The lowest BCUT2D eigenvalue weighted by molar-refractivity contribution is -0.267. The molecule has 0 aliphatic heterocycles. The molecule has 8 aliphatic carbocycles. The fourth-order valence-electron chi connectivity index (χ4n) is 11.0. The lowest BCUT2D eigenvalue weighted by Crippen LogP contribution is -2.70. The predicted molar refractivity (Wildman–Crippen MR) is 222 cm³/mol. The van der Waals surface area contributed by atoms with Gasteiger partial charge < -0.3 is 42.8 Å². The van der Waals surface area contributed by atoms with Gasteiger partial charge in [0.25, 0.3) is 0 Å². The van der Waals surface area contributed by atoms with E-state index in [-0.39, 0.29) is 39.3 Å². The Hall–Kier alpha value is -0.850. The smallest absolute Gasteiger partial charge is 0.228 e. The first-order valence-electron chi connectivity index (χ1n) is 22.8. The largest absolute Gasteiger partial charge is 0.381 e. The van der Waals surface area contributed by atoms with E-state index in [0.717, 1.165) is 104 Å². The Kier molecular flexibility index (Phi) is 14.0. The van der Waals surface area contributed by atoms with E-state index in [1.54, 1.807) is 0 Å². The third kappa shape index (κ3) is 12.2. The maximum atomic E-state index is 13.3. The summed E-state index contributed by atoms with van der Waals surface area (Å²) in [4.78, 5) is 15.3. The van der Waals surface area contributed by atoms with Gasteiger partial charge in [0.2, 0.25) is 5.91 Å². The highest BCUT2D eigenvalue weighted by molar-refractivity contribution is 5.86. The molecule has 0 spiro atoms. The van der Waals surface area contributed by atoms with Crippen LogP contribution in [-0.4, -0.2) is 124 Å². The molecular weight excluding hydrogens is 723 g/mol. The molecular formula is C47H83NO9. The molecule has 0 aromatic carbocycles. The van der Waals surface area contributed by atoms with E-state index in [0.29, 0.717) is 61.4 Å². The van der Waals surface area contributed by atoms with Crippen LogP contribution < -0.4 is 0 Å². The summed E-state index contributed by atoms with van der Waals surface area (Å²) in [6.07, 6.45) is 15.6. The third-order valence-electron chi connectivity index (χ3n) is 13.9. The second kappa shape index (κ2) is 17.5. The molecule has 8 fully saturated rings. The number of unbranched alkanes of at least 4 members (excludes halogenated alkanes) is 1. The molecule has 8 rings (SSSR count).